The second-order valence-electron chi connectivity index (χ2n) is 3.24. The van der Waals surface area contributed by atoms with E-state index in [2.05, 4.69) is 25.2 Å². The van der Waals surface area contributed by atoms with Crippen molar-refractivity contribution in [2.45, 2.75) is 32.6 Å². The fourth-order valence-electron chi connectivity index (χ4n) is 2.00. The number of allylic oxidation sites excluding steroid dienone is 6. The molecule has 58 valence electrons. The third kappa shape index (κ3) is 1.07. The van der Waals surface area contributed by atoms with Crippen LogP contribution in [-0.4, -0.2) is 0 Å². The molecule has 0 aliphatic heterocycles. The second kappa shape index (κ2) is 2.69. The quantitative estimate of drug-likeness (QED) is 0.532. The Balaban J connectivity index is 2.37. The fourth-order valence-corrected chi connectivity index (χ4v) is 2.00. The highest BCUT2D eigenvalue weighted by Crippen LogP contribution is 2.34. The SMILES string of the molecule is CCC1=C2CC=CC2=CCC1. The van der Waals surface area contributed by atoms with Gasteiger partial charge in [0.15, 0.2) is 0 Å². The van der Waals surface area contributed by atoms with Gasteiger partial charge in [-0.2, -0.15) is 0 Å². The van der Waals surface area contributed by atoms with Crippen molar-refractivity contribution in [3.63, 3.8) is 0 Å². The number of hydrogen-bond acceptors (Lipinski definition) is 0. The predicted molar refractivity (Wildman–Crippen MR) is 48.4 cm³/mol. The Morgan fingerprint density at radius 1 is 1.45 bits per heavy atom. The summed E-state index contributed by atoms with van der Waals surface area (Å²) in [5.41, 5.74) is 4.82. The van der Waals surface area contributed by atoms with Crippen molar-refractivity contribution < 1.29 is 0 Å². The zero-order chi connectivity index (χ0) is 7.68. The molecule has 0 saturated carbocycles. The van der Waals surface area contributed by atoms with E-state index in [-0.39, 0.29) is 0 Å². The summed E-state index contributed by atoms with van der Waals surface area (Å²) in [5.74, 6) is 0. The molecule has 0 fully saturated rings. The standard InChI is InChI=1S/C11H14/c1-2-9-5-3-6-10-7-4-8-11(9)10/h4,6-7H,2-3,5,8H2,1H3. The van der Waals surface area contributed by atoms with Crippen LogP contribution in [0.25, 0.3) is 0 Å². The van der Waals surface area contributed by atoms with Crippen LogP contribution < -0.4 is 0 Å². The zero-order valence-electron chi connectivity index (χ0n) is 7.06. The highest BCUT2D eigenvalue weighted by Gasteiger charge is 2.14. The van der Waals surface area contributed by atoms with Crippen LogP contribution in [0.1, 0.15) is 32.6 Å². The van der Waals surface area contributed by atoms with Crippen molar-refractivity contribution in [2.75, 3.05) is 0 Å². The van der Waals surface area contributed by atoms with E-state index < -0.39 is 0 Å². The minimum atomic E-state index is 1.19. The van der Waals surface area contributed by atoms with Gasteiger partial charge in [0.1, 0.15) is 0 Å². The van der Waals surface area contributed by atoms with Crippen molar-refractivity contribution in [3.05, 3.63) is 34.9 Å². The van der Waals surface area contributed by atoms with Gasteiger partial charge >= 0.3 is 0 Å². The first kappa shape index (κ1) is 6.90. The van der Waals surface area contributed by atoms with Crippen molar-refractivity contribution >= 4 is 0 Å². The number of rotatable bonds is 1. The van der Waals surface area contributed by atoms with Crippen LogP contribution in [0.3, 0.4) is 0 Å². The highest BCUT2D eigenvalue weighted by molar-refractivity contribution is 5.50. The topological polar surface area (TPSA) is 0 Å². The van der Waals surface area contributed by atoms with E-state index in [1.54, 1.807) is 11.1 Å². The molecule has 2 aliphatic carbocycles. The van der Waals surface area contributed by atoms with Crippen LogP contribution >= 0.6 is 0 Å². The van der Waals surface area contributed by atoms with Crippen LogP contribution in [0.2, 0.25) is 0 Å². The average Bonchev–Trinajstić information content (AvgIpc) is 2.50. The lowest BCUT2D eigenvalue weighted by molar-refractivity contribution is 0.862. The largest absolute Gasteiger partial charge is 0.0795 e. The minimum Gasteiger partial charge on any atom is -0.0795 e. The summed E-state index contributed by atoms with van der Waals surface area (Å²) in [7, 11) is 0. The first-order chi connectivity index (χ1) is 5.42. The van der Waals surface area contributed by atoms with E-state index in [9.17, 15) is 0 Å². The molecule has 0 N–H and O–H groups in total. The summed E-state index contributed by atoms with van der Waals surface area (Å²) in [4.78, 5) is 0. The smallest absolute Gasteiger partial charge is 0.00887 e. The molecule has 0 amide bonds. The minimum absolute atomic E-state index is 1.19. The Morgan fingerprint density at radius 3 is 3.18 bits per heavy atom. The first-order valence-electron chi connectivity index (χ1n) is 4.49. The zero-order valence-corrected chi connectivity index (χ0v) is 7.06. The maximum Gasteiger partial charge on any atom is -0.00887 e. The lowest BCUT2D eigenvalue weighted by atomic mass is 9.91. The van der Waals surface area contributed by atoms with Crippen molar-refractivity contribution in [3.8, 4) is 0 Å². The highest BCUT2D eigenvalue weighted by atomic mass is 14.2. The Kier molecular flexibility index (Phi) is 1.69. The average molecular weight is 146 g/mol. The third-order valence-electron chi connectivity index (χ3n) is 2.63. The maximum atomic E-state index is 2.37. The van der Waals surface area contributed by atoms with E-state index in [1.165, 1.54) is 31.3 Å². The molecule has 0 spiro atoms. The van der Waals surface area contributed by atoms with E-state index in [0.717, 1.165) is 0 Å². The van der Waals surface area contributed by atoms with Gasteiger partial charge in [0.05, 0.1) is 0 Å². The fraction of sp³-hybridized carbons (Fsp3) is 0.455. The van der Waals surface area contributed by atoms with Gasteiger partial charge < -0.3 is 0 Å². The summed E-state index contributed by atoms with van der Waals surface area (Å²) in [5, 5.41) is 0. The molecule has 2 aliphatic rings. The molecule has 0 aromatic rings. The molecule has 2 rings (SSSR count). The summed E-state index contributed by atoms with van der Waals surface area (Å²) in [6.07, 6.45) is 11.9. The Bertz CT molecular complexity index is 251. The van der Waals surface area contributed by atoms with Crippen LogP contribution in [0.5, 0.6) is 0 Å². The molecular weight excluding hydrogens is 132 g/mol. The van der Waals surface area contributed by atoms with Crippen LogP contribution in [0.15, 0.2) is 34.9 Å². The molecule has 0 atom stereocenters. The molecule has 0 nitrogen and oxygen atoms in total. The van der Waals surface area contributed by atoms with Gasteiger partial charge in [0.2, 0.25) is 0 Å². The summed E-state index contributed by atoms with van der Waals surface area (Å²) < 4.78 is 0. The summed E-state index contributed by atoms with van der Waals surface area (Å²) in [6.45, 7) is 2.27. The molecular formula is C11H14. The van der Waals surface area contributed by atoms with E-state index >= 15 is 0 Å². The second-order valence-corrected chi connectivity index (χ2v) is 3.24. The molecule has 11 heavy (non-hydrogen) atoms. The predicted octanol–water partition coefficient (Wildman–Crippen LogP) is 3.37. The summed E-state index contributed by atoms with van der Waals surface area (Å²) >= 11 is 0. The van der Waals surface area contributed by atoms with Crippen LogP contribution in [0.4, 0.5) is 0 Å². The summed E-state index contributed by atoms with van der Waals surface area (Å²) in [6, 6.07) is 0. The lowest BCUT2D eigenvalue weighted by Gasteiger charge is -2.14. The molecule has 0 unspecified atom stereocenters. The lowest BCUT2D eigenvalue weighted by Crippen LogP contribution is -1.95. The number of hydrogen-bond donors (Lipinski definition) is 0. The van der Waals surface area contributed by atoms with E-state index in [4.69, 9.17) is 0 Å². The first-order valence-corrected chi connectivity index (χ1v) is 4.49. The van der Waals surface area contributed by atoms with Gasteiger partial charge in [-0.05, 0) is 36.8 Å². The van der Waals surface area contributed by atoms with E-state index in [0.29, 0.717) is 0 Å². The van der Waals surface area contributed by atoms with Gasteiger partial charge in [-0.25, -0.2) is 0 Å². The van der Waals surface area contributed by atoms with Crippen molar-refractivity contribution in [2.24, 2.45) is 0 Å². The van der Waals surface area contributed by atoms with Crippen LogP contribution in [0, 0.1) is 0 Å². The normalized spacial score (nSPS) is 22.1. The van der Waals surface area contributed by atoms with Crippen molar-refractivity contribution in [1.82, 2.24) is 0 Å². The monoisotopic (exact) mass is 146 g/mol. The van der Waals surface area contributed by atoms with Crippen molar-refractivity contribution in [1.29, 1.82) is 0 Å². The third-order valence-corrected chi connectivity index (χ3v) is 2.63. The molecule has 0 aromatic carbocycles. The molecule has 0 saturated heterocycles. The Hall–Kier alpha value is -0.780. The maximum absolute atomic E-state index is 2.37. The van der Waals surface area contributed by atoms with Gasteiger partial charge in [-0.3, -0.25) is 0 Å². The van der Waals surface area contributed by atoms with Gasteiger partial charge in [-0.15, -0.1) is 0 Å². The van der Waals surface area contributed by atoms with Gasteiger partial charge in [0, 0.05) is 0 Å². The molecule has 0 radical (unpaired) electrons. The molecule has 0 heteroatoms. The number of fused-ring (bicyclic) bond motifs is 1. The van der Waals surface area contributed by atoms with Crippen LogP contribution in [-0.2, 0) is 0 Å². The molecule has 0 bridgehead atoms. The van der Waals surface area contributed by atoms with Gasteiger partial charge in [-0.1, -0.05) is 30.7 Å². The molecule has 0 aromatic heterocycles. The Labute approximate surface area is 68.3 Å². The Morgan fingerprint density at radius 2 is 2.36 bits per heavy atom. The van der Waals surface area contributed by atoms with E-state index in [1.807, 2.05) is 0 Å². The van der Waals surface area contributed by atoms with Gasteiger partial charge in [0.25, 0.3) is 0 Å². The molecule has 0 heterocycles.